The lowest BCUT2D eigenvalue weighted by Crippen LogP contribution is -2.53. The maximum absolute atomic E-state index is 13.7. The van der Waals surface area contributed by atoms with Crippen LogP contribution in [-0.4, -0.2) is 28.9 Å². The minimum Gasteiger partial charge on any atom is -0.385 e. The van der Waals surface area contributed by atoms with Gasteiger partial charge in [0.15, 0.2) is 0 Å². The third-order valence-corrected chi connectivity index (χ3v) is 3.40. The average molecular weight is 261 g/mol. The molecule has 2 rings (SSSR count). The van der Waals surface area contributed by atoms with E-state index < -0.39 is 11.6 Å². The average Bonchev–Trinajstić information content (AvgIpc) is 2.57. The molecule has 0 saturated heterocycles. The molecule has 0 radical (unpaired) electrons. The van der Waals surface area contributed by atoms with Gasteiger partial charge in [-0.3, -0.25) is 0 Å². The molecule has 100 valence electrons. The minimum absolute atomic E-state index is 0.211. The van der Waals surface area contributed by atoms with Crippen LogP contribution >= 0.6 is 0 Å². The van der Waals surface area contributed by atoms with Crippen LogP contribution in [0.4, 0.5) is 9.18 Å². The van der Waals surface area contributed by atoms with E-state index in [4.69, 9.17) is 5.73 Å². The first-order valence-electron chi connectivity index (χ1n) is 5.99. The third-order valence-electron chi connectivity index (χ3n) is 3.40. The van der Waals surface area contributed by atoms with Gasteiger partial charge < -0.3 is 10.6 Å². The van der Waals surface area contributed by atoms with E-state index in [2.05, 4.69) is 11.6 Å². The molecule has 1 aromatic rings. The van der Waals surface area contributed by atoms with Crippen LogP contribution in [0.25, 0.3) is 0 Å². The van der Waals surface area contributed by atoms with Gasteiger partial charge in [0.1, 0.15) is 17.2 Å². The summed E-state index contributed by atoms with van der Waals surface area (Å²) < 4.78 is 13.7. The van der Waals surface area contributed by atoms with E-state index in [1.807, 2.05) is 0 Å². The Bertz CT molecular complexity index is 555. The topological polar surface area (TPSA) is 58.7 Å². The fourth-order valence-electron chi connectivity index (χ4n) is 2.24. The largest absolute Gasteiger partial charge is 0.385 e. The molecule has 2 amide bonds. The Labute approximate surface area is 111 Å². The molecule has 2 N–H and O–H groups in total. The number of urea groups is 1. The molecular weight excluding hydrogens is 245 g/mol. The number of carbonyl (C=O) groups excluding carboxylic acids is 1. The first kappa shape index (κ1) is 13.3. The summed E-state index contributed by atoms with van der Waals surface area (Å²) in [6.45, 7) is 5.73. The third kappa shape index (κ3) is 2.23. The number of halogens is 1. The Balaban J connectivity index is 2.35. The minimum atomic E-state index is -0.812. The molecule has 4 nitrogen and oxygen atoms in total. The molecule has 0 saturated carbocycles. The Morgan fingerprint density at radius 1 is 1.53 bits per heavy atom. The zero-order valence-electron chi connectivity index (χ0n) is 10.8. The van der Waals surface area contributed by atoms with Gasteiger partial charge in [-0.1, -0.05) is 24.3 Å². The molecule has 1 heterocycles. The van der Waals surface area contributed by atoms with Gasteiger partial charge in [-0.2, -0.15) is 4.99 Å². The lowest BCUT2D eigenvalue weighted by atomic mass is 9.90. The lowest BCUT2D eigenvalue weighted by Gasteiger charge is -2.34. The first-order valence-corrected chi connectivity index (χ1v) is 5.99. The SMILES string of the molecule is C=CCN1C(=O)N=C(N)C1(C)Cc1ccccc1F. The van der Waals surface area contributed by atoms with Gasteiger partial charge in [0.05, 0.1) is 0 Å². The van der Waals surface area contributed by atoms with Gasteiger partial charge in [0.2, 0.25) is 0 Å². The maximum Gasteiger partial charge on any atom is 0.346 e. The molecule has 5 heteroatoms. The van der Waals surface area contributed by atoms with Crippen molar-refractivity contribution in [3.8, 4) is 0 Å². The summed E-state index contributed by atoms with van der Waals surface area (Å²) >= 11 is 0. The molecule has 19 heavy (non-hydrogen) atoms. The summed E-state index contributed by atoms with van der Waals surface area (Å²) in [7, 11) is 0. The van der Waals surface area contributed by atoms with Crippen molar-refractivity contribution in [2.75, 3.05) is 6.54 Å². The number of hydrogen-bond acceptors (Lipinski definition) is 2. The predicted octanol–water partition coefficient (Wildman–Crippen LogP) is 2.11. The van der Waals surface area contributed by atoms with E-state index in [1.165, 1.54) is 11.0 Å². The van der Waals surface area contributed by atoms with Crippen LogP contribution < -0.4 is 5.73 Å². The number of hydrogen-bond donors (Lipinski definition) is 1. The van der Waals surface area contributed by atoms with Crippen LogP contribution in [0.15, 0.2) is 41.9 Å². The number of aliphatic imine (C=N–C) groups is 1. The van der Waals surface area contributed by atoms with Crippen molar-refractivity contribution in [1.82, 2.24) is 4.90 Å². The second kappa shape index (κ2) is 4.84. The summed E-state index contributed by atoms with van der Waals surface area (Å²) in [6, 6.07) is 6.05. The summed E-state index contributed by atoms with van der Waals surface area (Å²) in [4.78, 5) is 17.1. The van der Waals surface area contributed by atoms with Gasteiger partial charge in [-0.15, -0.1) is 6.58 Å². The molecule has 1 aliphatic rings. The predicted molar refractivity (Wildman–Crippen MR) is 72.4 cm³/mol. The van der Waals surface area contributed by atoms with Gasteiger partial charge in [0, 0.05) is 13.0 Å². The number of nitrogens with zero attached hydrogens (tertiary/aromatic N) is 2. The smallest absolute Gasteiger partial charge is 0.346 e. The Kier molecular flexibility index (Phi) is 3.38. The van der Waals surface area contributed by atoms with E-state index in [1.54, 1.807) is 31.2 Å². The van der Waals surface area contributed by atoms with Crippen molar-refractivity contribution in [3.63, 3.8) is 0 Å². The van der Waals surface area contributed by atoms with Crippen LogP contribution in [0.2, 0.25) is 0 Å². The highest BCUT2D eigenvalue weighted by Crippen LogP contribution is 2.28. The second-order valence-corrected chi connectivity index (χ2v) is 4.72. The van der Waals surface area contributed by atoms with Crippen molar-refractivity contribution >= 4 is 11.9 Å². The maximum atomic E-state index is 13.7. The highest BCUT2D eigenvalue weighted by atomic mass is 19.1. The second-order valence-electron chi connectivity index (χ2n) is 4.72. The molecule has 0 aromatic heterocycles. The van der Waals surface area contributed by atoms with Crippen LogP contribution in [0, 0.1) is 5.82 Å². The van der Waals surface area contributed by atoms with Gasteiger partial charge in [-0.25, -0.2) is 9.18 Å². The molecule has 0 bridgehead atoms. The molecule has 0 aliphatic carbocycles. The monoisotopic (exact) mass is 261 g/mol. The summed E-state index contributed by atoms with van der Waals surface area (Å²) in [5, 5.41) is 0. The van der Waals surface area contributed by atoms with Crippen LogP contribution in [-0.2, 0) is 6.42 Å². The van der Waals surface area contributed by atoms with E-state index in [-0.39, 0.29) is 18.1 Å². The number of rotatable bonds is 4. The number of amidine groups is 1. The van der Waals surface area contributed by atoms with Crippen molar-refractivity contribution in [3.05, 3.63) is 48.3 Å². The molecule has 0 spiro atoms. The Hall–Kier alpha value is -2.17. The molecule has 1 aliphatic heterocycles. The summed E-state index contributed by atoms with van der Waals surface area (Å²) in [5.41, 5.74) is 5.55. The highest BCUT2D eigenvalue weighted by Gasteiger charge is 2.44. The van der Waals surface area contributed by atoms with Crippen molar-refractivity contribution in [2.24, 2.45) is 10.7 Å². The van der Waals surface area contributed by atoms with E-state index >= 15 is 0 Å². The van der Waals surface area contributed by atoms with Crippen molar-refractivity contribution in [2.45, 2.75) is 18.9 Å². The lowest BCUT2D eigenvalue weighted by molar-refractivity contribution is 0.187. The van der Waals surface area contributed by atoms with E-state index in [9.17, 15) is 9.18 Å². The Morgan fingerprint density at radius 2 is 2.21 bits per heavy atom. The number of benzene rings is 1. The normalized spacial score (nSPS) is 22.5. The van der Waals surface area contributed by atoms with E-state index in [0.29, 0.717) is 12.1 Å². The number of nitrogens with two attached hydrogens (primary N) is 1. The molecule has 1 atom stereocenters. The van der Waals surface area contributed by atoms with Crippen LogP contribution in [0.3, 0.4) is 0 Å². The fraction of sp³-hybridized carbons (Fsp3) is 0.286. The zero-order valence-corrected chi connectivity index (χ0v) is 10.8. The fourth-order valence-corrected chi connectivity index (χ4v) is 2.24. The van der Waals surface area contributed by atoms with Gasteiger partial charge in [-0.05, 0) is 18.6 Å². The van der Waals surface area contributed by atoms with E-state index in [0.717, 1.165) is 0 Å². The molecule has 0 fully saturated rings. The number of carbonyl (C=O) groups is 1. The molecule has 1 unspecified atom stereocenters. The highest BCUT2D eigenvalue weighted by molar-refractivity contribution is 6.05. The van der Waals surface area contributed by atoms with Crippen molar-refractivity contribution < 1.29 is 9.18 Å². The van der Waals surface area contributed by atoms with Crippen molar-refractivity contribution in [1.29, 1.82) is 0 Å². The number of amides is 2. The summed E-state index contributed by atoms with van der Waals surface area (Å²) in [5.74, 6) is -0.1000. The summed E-state index contributed by atoms with van der Waals surface area (Å²) in [6.07, 6.45) is 1.89. The standard InChI is InChI=1S/C14H16FN3O/c1-3-8-18-13(19)17-12(16)14(18,2)9-10-6-4-5-7-11(10)15/h3-7H,1,8-9H2,2H3,(H2,16,17,19). The molecule has 1 aromatic carbocycles. The Morgan fingerprint density at radius 3 is 2.84 bits per heavy atom. The molecular formula is C14H16FN3O. The van der Waals surface area contributed by atoms with Gasteiger partial charge >= 0.3 is 6.03 Å². The zero-order chi connectivity index (χ0) is 14.0. The quantitative estimate of drug-likeness (QED) is 0.844. The van der Waals surface area contributed by atoms with Crippen LogP contribution in [0.5, 0.6) is 0 Å². The van der Waals surface area contributed by atoms with Gasteiger partial charge in [0.25, 0.3) is 0 Å². The van der Waals surface area contributed by atoms with Crippen LogP contribution in [0.1, 0.15) is 12.5 Å². The first-order chi connectivity index (χ1) is 8.99.